The number of hydrogen-bond acceptors (Lipinski definition) is 3. The summed E-state index contributed by atoms with van der Waals surface area (Å²) < 4.78 is 11.0. The van der Waals surface area contributed by atoms with Crippen LogP contribution in [0.15, 0.2) is 51.7 Å². The Balaban J connectivity index is 1.92. The number of rotatable bonds is 3. The van der Waals surface area contributed by atoms with Gasteiger partial charge in [0, 0.05) is 17.5 Å². The van der Waals surface area contributed by atoms with E-state index in [-0.39, 0.29) is 5.63 Å². The molecule has 0 amide bonds. The zero-order chi connectivity index (χ0) is 15.7. The number of fused-ring (bicyclic) bond motifs is 1. The van der Waals surface area contributed by atoms with Crippen LogP contribution in [0.2, 0.25) is 5.02 Å². The standard InChI is InChI=1S/C18H15ClO3/c1-11-3-5-13(6-4-11)10-21-17-9-16-14(8-15(17)19)12(2)7-18(20)22-16/h3-9H,10H2,1-2H3. The molecule has 0 aliphatic carbocycles. The third-order valence-electron chi connectivity index (χ3n) is 3.52. The second-order valence-corrected chi connectivity index (χ2v) is 5.71. The quantitative estimate of drug-likeness (QED) is 0.661. The molecule has 1 aromatic heterocycles. The van der Waals surface area contributed by atoms with Crippen LogP contribution in [0.3, 0.4) is 0 Å². The van der Waals surface area contributed by atoms with E-state index in [1.165, 1.54) is 11.6 Å². The zero-order valence-corrected chi connectivity index (χ0v) is 13.1. The highest BCUT2D eigenvalue weighted by molar-refractivity contribution is 6.32. The molecule has 22 heavy (non-hydrogen) atoms. The molecular weight excluding hydrogens is 300 g/mol. The molecule has 0 bridgehead atoms. The van der Waals surface area contributed by atoms with Crippen molar-refractivity contribution in [1.29, 1.82) is 0 Å². The van der Waals surface area contributed by atoms with Crippen molar-refractivity contribution >= 4 is 22.6 Å². The van der Waals surface area contributed by atoms with Crippen LogP contribution in [0, 0.1) is 13.8 Å². The van der Waals surface area contributed by atoms with E-state index in [0.717, 1.165) is 16.5 Å². The fraction of sp³-hybridized carbons (Fsp3) is 0.167. The van der Waals surface area contributed by atoms with E-state index in [1.54, 1.807) is 12.1 Å². The predicted octanol–water partition coefficient (Wildman–Crippen LogP) is 4.64. The Labute approximate surface area is 133 Å². The molecule has 112 valence electrons. The van der Waals surface area contributed by atoms with E-state index in [9.17, 15) is 4.79 Å². The lowest BCUT2D eigenvalue weighted by molar-refractivity contribution is 0.306. The smallest absolute Gasteiger partial charge is 0.336 e. The number of aryl methyl sites for hydroxylation is 2. The van der Waals surface area contributed by atoms with Crippen molar-refractivity contribution < 1.29 is 9.15 Å². The van der Waals surface area contributed by atoms with Crippen molar-refractivity contribution in [3.05, 3.63) is 74.6 Å². The number of halogens is 1. The first kappa shape index (κ1) is 14.7. The maximum Gasteiger partial charge on any atom is 0.336 e. The molecule has 0 radical (unpaired) electrons. The van der Waals surface area contributed by atoms with E-state index in [1.807, 2.05) is 38.1 Å². The summed E-state index contributed by atoms with van der Waals surface area (Å²) in [5, 5.41) is 1.31. The molecule has 3 rings (SSSR count). The Morgan fingerprint density at radius 3 is 2.55 bits per heavy atom. The zero-order valence-electron chi connectivity index (χ0n) is 12.4. The first-order valence-electron chi connectivity index (χ1n) is 6.95. The highest BCUT2D eigenvalue weighted by Gasteiger charge is 2.09. The molecule has 0 saturated heterocycles. The summed E-state index contributed by atoms with van der Waals surface area (Å²) in [6.07, 6.45) is 0. The molecule has 0 atom stereocenters. The van der Waals surface area contributed by atoms with Crippen LogP contribution in [-0.2, 0) is 6.61 Å². The predicted molar refractivity (Wildman–Crippen MR) is 87.7 cm³/mol. The minimum absolute atomic E-state index is 0.378. The SMILES string of the molecule is Cc1ccc(COc2cc3oc(=O)cc(C)c3cc2Cl)cc1. The molecule has 1 heterocycles. The molecule has 4 heteroatoms. The fourth-order valence-corrected chi connectivity index (χ4v) is 2.49. The van der Waals surface area contributed by atoms with Crippen molar-refractivity contribution in [3.8, 4) is 5.75 Å². The molecule has 3 nitrogen and oxygen atoms in total. The van der Waals surface area contributed by atoms with Crippen molar-refractivity contribution in [2.75, 3.05) is 0 Å². The van der Waals surface area contributed by atoms with Gasteiger partial charge >= 0.3 is 5.63 Å². The molecule has 2 aromatic carbocycles. The Morgan fingerprint density at radius 2 is 1.82 bits per heavy atom. The van der Waals surface area contributed by atoms with Gasteiger partial charge in [-0.05, 0) is 31.0 Å². The lowest BCUT2D eigenvalue weighted by Gasteiger charge is -2.10. The first-order valence-corrected chi connectivity index (χ1v) is 7.33. The second-order valence-electron chi connectivity index (χ2n) is 5.30. The van der Waals surface area contributed by atoms with E-state index < -0.39 is 0 Å². The summed E-state index contributed by atoms with van der Waals surface area (Å²) in [4.78, 5) is 11.5. The van der Waals surface area contributed by atoms with Gasteiger partial charge in [-0.3, -0.25) is 0 Å². The van der Waals surface area contributed by atoms with Gasteiger partial charge in [-0.25, -0.2) is 4.79 Å². The largest absolute Gasteiger partial charge is 0.487 e. The highest BCUT2D eigenvalue weighted by atomic mass is 35.5. The van der Waals surface area contributed by atoms with Gasteiger partial charge in [0.2, 0.25) is 0 Å². The molecule has 0 N–H and O–H groups in total. The van der Waals surface area contributed by atoms with Crippen molar-refractivity contribution in [3.63, 3.8) is 0 Å². The Bertz CT molecular complexity index is 879. The van der Waals surface area contributed by atoms with Gasteiger partial charge in [0.1, 0.15) is 17.9 Å². The van der Waals surface area contributed by atoms with Crippen LogP contribution >= 0.6 is 11.6 Å². The third kappa shape index (κ3) is 3.00. The van der Waals surface area contributed by atoms with Crippen molar-refractivity contribution in [2.24, 2.45) is 0 Å². The van der Waals surface area contributed by atoms with Crippen LogP contribution in [0.1, 0.15) is 16.7 Å². The summed E-state index contributed by atoms with van der Waals surface area (Å²) in [5.74, 6) is 0.503. The van der Waals surface area contributed by atoms with Crippen LogP contribution in [-0.4, -0.2) is 0 Å². The van der Waals surface area contributed by atoms with Gasteiger partial charge in [-0.2, -0.15) is 0 Å². The molecule has 0 fully saturated rings. The van der Waals surface area contributed by atoms with Crippen LogP contribution in [0.4, 0.5) is 0 Å². The average Bonchev–Trinajstić information content (AvgIpc) is 2.48. The maximum atomic E-state index is 11.5. The lowest BCUT2D eigenvalue weighted by atomic mass is 10.1. The normalized spacial score (nSPS) is 10.9. The van der Waals surface area contributed by atoms with Crippen LogP contribution < -0.4 is 10.4 Å². The monoisotopic (exact) mass is 314 g/mol. The van der Waals surface area contributed by atoms with E-state index in [0.29, 0.717) is 23.0 Å². The summed E-state index contributed by atoms with van der Waals surface area (Å²) in [5.41, 5.74) is 3.18. The van der Waals surface area contributed by atoms with Gasteiger partial charge in [0.25, 0.3) is 0 Å². The molecular formula is C18H15ClO3. The topological polar surface area (TPSA) is 39.4 Å². The van der Waals surface area contributed by atoms with Crippen molar-refractivity contribution in [1.82, 2.24) is 0 Å². The Kier molecular flexibility index (Phi) is 3.90. The van der Waals surface area contributed by atoms with Gasteiger partial charge in [-0.15, -0.1) is 0 Å². The first-order chi connectivity index (χ1) is 10.5. The molecule has 0 spiro atoms. The summed E-state index contributed by atoms with van der Waals surface area (Å²) in [6, 6.07) is 13.0. The summed E-state index contributed by atoms with van der Waals surface area (Å²) >= 11 is 6.26. The minimum Gasteiger partial charge on any atom is -0.487 e. The number of hydrogen-bond donors (Lipinski definition) is 0. The highest BCUT2D eigenvalue weighted by Crippen LogP contribution is 2.31. The minimum atomic E-state index is -0.378. The molecule has 0 unspecified atom stereocenters. The van der Waals surface area contributed by atoms with Crippen molar-refractivity contribution in [2.45, 2.75) is 20.5 Å². The van der Waals surface area contributed by atoms with Gasteiger partial charge in [0.05, 0.1) is 5.02 Å². The Morgan fingerprint density at radius 1 is 1.09 bits per heavy atom. The summed E-state index contributed by atoms with van der Waals surface area (Å²) in [6.45, 7) is 4.29. The second kappa shape index (κ2) is 5.85. The van der Waals surface area contributed by atoms with Gasteiger partial charge in [-0.1, -0.05) is 41.4 Å². The van der Waals surface area contributed by atoms with Crippen LogP contribution in [0.25, 0.3) is 11.0 Å². The average molecular weight is 315 g/mol. The van der Waals surface area contributed by atoms with Gasteiger partial charge in [0.15, 0.2) is 0 Å². The summed E-state index contributed by atoms with van der Waals surface area (Å²) in [7, 11) is 0. The molecule has 3 aromatic rings. The Hall–Kier alpha value is -2.26. The van der Waals surface area contributed by atoms with E-state index >= 15 is 0 Å². The number of benzene rings is 2. The van der Waals surface area contributed by atoms with Gasteiger partial charge < -0.3 is 9.15 Å². The maximum absolute atomic E-state index is 11.5. The molecule has 0 aliphatic heterocycles. The van der Waals surface area contributed by atoms with E-state index in [4.69, 9.17) is 20.8 Å². The van der Waals surface area contributed by atoms with E-state index in [2.05, 4.69) is 0 Å². The molecule has 0 saturated carbocycles. The van der Waals surface area contributed by atoms with Crippen LogP contribution in [0.5, 0.6) is 5.75 Å². The lowest BCUT2D eigenvalue weighted by Crippen LogP contribution is -2.00. The fourth-order valence-electron chi connectivity index (χ4n) is 2.28. The number of ether oxygens (including phenoxy) is 1. The third-order valence-corrected chi connectivity index (χ3v) is 3.81. The molecule has 0 aliphatic rings.